The van der Waals surface area contributed by atoms with E-state index in [1.165, 1.54) is 0 Å². The van der Waals surface area contributed by atoms with Gasteiger partial charge in [0, 0.05) is 36.3 Å². The molecule has 1 aromatic heterocycles. The Morgan fingerprint density at radius 1 is 1.33 bits per heavy atom. The number of nitrogens with zero attached hydrogens (tertiary/aromatic N) is 2. The number of thiophene rings is 1. The summed E-state index contributed by atoms with van der Waals surface area (Å²) in [6.07, 6.45) is 7.14. The molecule has 4 heteroatoms. The van der Waals surface area contributed by atoms with Gasteiger partial charge in [-0.1, -0.05) is 6.07 Å². The standard InChI is InChI=1S/C14H16N2OS/c1-16(2)15-8-7-11-5-6-12(14(11)17)10-13-4-3-9-18-13/h3-4,7-10H,5-6H2,1-2H3/b11-7-,12-10-,15-8+. The topological polar surface area (TPSA) is 32.7 Å². The van der Waals surface area contributed by atoms with Gasteiger partial charge in [-0.05, 0) is 36.4 Å². The van der Waals surface area contributed by atoms with Crippen LogP contribution in [0.2, 0.25) is 0 Å². The fourth-order valence-electron chi connectivity index (χ4n) is 1.80. The molecule has 1 saturated carbocycles. The predicted molar refractivity (Wildman–Crippen MR) is 76.8 cm³/mol. The third-order valence-corrected chi connectivity index (χ3v) is 3.50. The van der Waals surface area contributed by atoms with E-state index in [1.54, 1.807) is 22.6 Å². The lowest BCUT2D eigenvalue weighted by Crippen LogP contribution is -2.01. The Labute approximate surface area is 111 Å². The Balaban J connectivity index is 2.10. The number of carbonyl (C=O) groups is 1. The minimum atomic E-state index is 0.161. The van der Waals surface area contributed by atoms with Crippen molar-refractivity contribution in [1.82, 2.24) is 5.01 Å². The fraction of sp³-hybridized carbons (Fsp3) is 0.286. The number of hydrogen-bond donors (Lipinski definition) is 0. The van der Waals surface area contributed by atoms with Crippen LogP contribution in [-0.4, -0.2) is 31.1 Å². The molecule has 1 aliphatic carbocycles. The van der Waals surface area contributed by atoms with E-state index in [2.05, 4.69) is 5.10 Å². The highest BCUT2D eigenvalue weighted by Gasteiger charge is 2.22. The zero-order valence-electron chi connectivity index (χ0n) is 10.6. The van der Waals surface area contributed by atoms with Gasteiger partial charge in [-0.25, -0.2) is 0 Å². The molecule has 1 aliphatic rings. The molecule has 0 amide bonds. The molecule has 3 nitrogen and oxygen atoms in total. The second-order valence-electron chi connectivity index (χ2n) is 4.32. The summed E-state index contributed by atoms with van der Waals surface area (Å²) in [5.74, 6) is 0.161. The van der Waals surface area contributed by atoms with Crippen molar-refractivity contribution in [3.63, 3.8) is 0 Å². The molecule has 1 fully saturated rings. The molecule has 94 valence electrons. The minimum Gasteiger partial charge on any atom is -0.303 e. The number of hydrogen-bond acceptors (Lipinski definition) is 4. The lowest BCUT2D eigenvalue weighted by Gasteiger charge is -2.00. The largest absolute Gasteiger partial charge is 0.303 e. The Kier molecular flexibility index (Phi) is 4.10. The highest BCUT2D eigenvalue weighted by molar-refractivity contribution is 7.10. The monoisotopic (exact) mass is 260 g/mol. The van der Waals surface area contributed by atoms with Crippen molar-refractivity contribution in [3.05, 3.63) is 39.6 Å². The second kappa shape index (κ2) is 5.78. The first-order valence-electron chi connectivity index (χ1n) is 5.86. The van der Waals surface area contributed by atoms with Crippen LogP contribution in [-0.2, 0) is 4.79 Å². The number of hydrazone groups is 1. The van der Waals surface area contributed by atoms with Crippen LogP contribution in [0.1, 0.15) is 17.7 Å². The van der Waals surface area contributed by atoms with E-state index in [4.69, 9.17) is 0 Å². The maximum atomic E-state index is 12.1. The molecular weight excluding hydrogens is 244 g/mol. The molecule has 0 aliphatic heterocycles. The second-order valence-corrected chi connectivity index (χ2v) is 5.30. The van der Waals surface area contributed by atoms with Crippen molar-refractivity contribution in [3.8, 4) is 0 Å². The molecule has 0 aromatic carbocycles. The van der Waals surface area contributed by atoms with Gasteiger partial charge in [0.05, 0.1) is 0 Å². The molecule has 18 heavy (non-hydrogen) atoms. The van der Waals surface area contributed by atoms with Crippen molar-refractivity contribution in [2.45, 2.75) is 12.8 Å². The SMILES string of the molecule is CN(C)/N=C/C=C1/CC/C(=C/c2cccs2)C1=O. The molecule has 0 unspecified atom stereocenters. The molecule has 0 atom stereocenters. The van der Waals surface area contributed by atoms with E-state index in [0.29, 0.717) is 0 Å². The molecule has 0 N–H and O–H groups in total. The summed E-state index contributed by atoms with van der Waals surface area (Å²) in [6, 6.07) is 4.02. The first-order chi connectivity index (χ1) is 8.66. The highest BCUT2D eigenvalue weighted by Crippen LogP contribution is 2.28. The van der Waals surface area contributed by atoms with Crippen molar-refractivity contribution in [2.75, 3.05) is 14.1 Å². The molecule has 1 aromatic rings. The summed E-state index contributed by atoms with van der Waals surface area (Å²) in [5.41, 5.74) is 1.75. The van der Waals surface area contributed by atoms with E-state index in [9.17, 15) is 4.79 Å². The Bertz CT molecular complexity index is 510. The summed E-state index contributed by atoms with van der Waals surface area (Å²) in [6.45, 7) is 0. The summed E-state index contributed by atoms with van der Waals surface area (Å²) in [5, 5.41) is 7.81. The lowest BCUT2D eigenvalue weighted by atomic mass is 10.1. The predicted octanol–water partition coefficient (Wildman–Crippen LogP) is 2.97. The Morgan fingerprint density at radius 3 is 2.78 bits per heavy atom. The van der Waals surface area contributed by atoms with Crippen LogP contribution in [0.15, 0.2) is 39.8 Å². The van der Waals surface area contributed by atoms with Gasteiger partial charge in [0.15, 0.2) is 5.78 Å². The normalized spacial score (nSPS) is 20.4. The van der Waals surface area contributed by atoms with Crippen LogP contribution in [0, 0.1) is 0 Å². The van der Waals surface area contributed by atoms with Gasteiger partial charge in [0.1, 0.15) is 0 Å². The van der Waals surface area contributed by atoms with E-state index >= 15 is 0 Å². The van der Waals surface area contributed by atoms with Gasteiger partial charge in [-0.3, -0.25) is 4.79 Å². The third kappa shape index (κ3) is 3.17. The zero-order valence-corrected chi connectivity index (χ0v) is 11.4. The number of carbonyl (C=O) groups excluding carboxylic acids is 1. The van der Waals surface area contributed by atoms with Crippen LogP contribution in [0.4, 0.5) is 0 Å². The van der Waals surface area contributed by atoms with Crippen LogP contribution >= 0.6 is 11.3 Å². The first kappa shape index (κ1) is 12.8. The fourth-order valence-corrected chi connectivity index (χ4v) is 2.48. The molecule has 0 bridgehead atoms. The molecule has 0 saturated heterocycles. The van der Waals surface area contributed by atoms with Gasteiger partial charge >= 0.3 is 0 Å². The maximum Gasteiger partial charge on any atom is 0.185 e. The third-order valence-electron chi connectivity index (χ3n) is 2.68. The molecule has 2 rings (SSSR count). The van der Waals surface area contributed by atoms with E-state index in [-0.39, 0.29) is 5.78 Å². The Hall–Kier alpha value is -1.68. The highest BCUT2D eigenvalue weighted by atomic mass is 32.1. The van der Waals surface area contributed by atoms with Crippen LogP contribution in [0.5, 0.6) is 0 Å². The minimum absolute atomic E-state index is 0.161. The first-order valence-corrected chi connectivity index (χ1v) is 6.74. The number of Topliss-reactive ketones (excluding diaryl/α,β-unsaturated/α-hetero) is 1. The summed E-state index contributed by atoms with van der Waals surface area (Å²) >= 11 is 1.65. The van der Waals surface area contributed by atoms with Crippen molar-refractivity contribution in [1.29, 1.82) is 0 Å². The van der Waals surface area contributed by atoms with Crippen LogP contribution in [0.25, 0.3) is 6.08 Å². The van der Waals surface area contributed by atoms with E-state index < -0.39 is 0 Å². The number of rotatable bonds is 3. The van der Waals surface area contributed by atoms with Crippen LogP contribution in [0.3, 0.4) is 0 Å². The van der Waals surface area contributed by atoms with Gasteiger partial charge in [-0.2, -0.15) is 5.10 Å². The van der Waals surface area contributed by atoms with E-state index in [0.717, 1.165) is 28.9 Å². The summed E-state index contributed by atoms with van der Waals surface area (Å²) in [7, 11) is 3.71. The smallest absolute Gasteiger partial charge is 0.185 e. The lowest BCUT2D eigenvalue weighted by molar-refractivity contribution is -0.111. The average Bonchev–Trinajstić information content (AvgIpc) is 2.93. The summed E-state index contributed by atoms with van der Waals surface area (Å²) in [4.78, 5) is 13.2. The zero-order chi connectivity index (χ0) is 13.0. The quantitative estimate of drug-likeness (QED) is 0.475. The van der Waals surface area contributed by atoms with Gasteiger partial charge in [0.2, 0.25) is 0 Å². The number of ketones is 1. The van der Waals surface area contributed by atoms with Gasteiger partial charge in [0.25, 0.3) is 0 Å². The maximum absolute atomic E-state index is 12.1. The van der Waals surface area contributed by atoms with Crippen molar-refractivity contribution < 1.29 is 4.79 Å². The Morgan fingerprint density at radius 2 is 2.11 bits per heavy atom. The van der Waals surface area contributed by atoms with Crippen molar-refractivity contribution in [2.24, 2.45) is 5.10 Å². The molecule has 1 heterocycles. The van der Waals surface area contributed by atoms with Gasteiger partial charge < -0.3 is 5.01 Å². The van der Waals surface area contributed by atoms with E-state index in [1.807, 2.05) is 43.8 Å². The van der Waals surface area contributed by atoms with Crippen molar-refractivity contribution >= 4 is 29.4 Å². The van der Waals surface area contributed by atoms with Crippen LogP contribution < -0.4 is 0 Å². The molecule has 0 radical (unpaired) electrons. The van der Waals surface area contributed by atoms with Gasteiger partial charge in [-0.15, -0.1) is 11.3 Å². The molecule has 0 spiro atoms. The molecular formula is C14H16N2OS. The average molecular weight is 260 g/mol. The number of allylic oxidation sites excluding steroid dienone is 3. The summed E-state index contributed by atoms with van der Waals surface area (Å²) < 4.78 is 0.